The summed E-state index contributed by atoms with van der Waals surface area (Å²) in [5, 5.41) is 3.40. The number of likely N-dealkylation sites (tertiary alicyclic amines) is 1. The number of rotatable bonds is 9. The molecule has 2 fully saturated rings. The van der Waals surface area contributed by atoms with Crippen molar-refractivity contribution in [3.63, 3.8) is 0 Å². The lowest BCUT2D eigenvalue weighted by Gasteiger charge is -2.32. The molecule has 2 aliphatic rings. The number of hydrogen-bond acceptors (Lipinski definition) is 4. The van der Waals surface area contributed by atoms with Gasteiger partial charge in [-0.2, -0.15) is 0 Å². The highest BCUT2D eigenvalue weighted by Crippen LogP contribution is 2.17. The quantitative estimate of drug-likeness (QED) is 0.650. The van der Waals surface area contributed by atoms with E-state index >= 15 is 0 Å². The summed E-state index contributed by atoms with van der Waals surface area (Å²) in [5.41, 5.74) is 0. The first kappa shape index (κ1) is 16.2. The number of unbranched alkanes of at least 4 members (excludes halogenated alkanes) is 3. The lowest BCUT2D eigenvalue weighted by Crippen LogP contribution is -2.44. The summed E-state index contributed by atoms with van der Waals surface area (Å²) in [6.45, 7) is 12.5. The third kappa shape index (κ3) is 5.68. The Hall–Kier alpha value is -0.160. The molecule has 0 bridgehead atoms. The first-order valence-corrected chi connectivity index (χ1v) is 8.65. The van der Waals surface area contributed by atoms with Crippen LogP contribution in [0.2, 0.25) is 0 Å². The van der Waals surface area contributed by atoms with Gasteiger partial charge in [-0.05, 0) is 45.4 Å². The van der Waals surface area contributed by atoms with Crippen molar-refractivity contribution in [2.45, 2.75) is 45.1 Å². The molecule has 2 aliphatic heterocycles. The lowest BCUT2D eigenvalue weighted by molar-refractivity contribution is 0.0185. The molecular weight excluding hydrogens is 250 g/mol. The molecule has 2 saturated heterocycles. The number of ether oxygens (including phenoxy) is 1. The molecule has 20 heavy (non-hydrogen) atoms. The molecule has 0 radical (unpaired) electrons. The molecule has 1 atom stereocenters. The Morgan fingerprint density at radius 2 is 1.85 bits per heavy atom. The van der Waals surface area contributed by atoms with Gasteiger partial charge < -0.3 is 15.0 Å². The molecule has 0 saturated carbocycles. The number of hydrogen-bond donors (Lipinski definition) is 1. The maximum absolute atomic E-state index is 5.45. The van der Waals surface area contributed by atoms with Gasteiger partial charge in [0.05, 0.1) is 13.2 Å². The van der Waals surface area contributed by atoms with E-state index in [1.54, 1.807) is 0 Å². The smallest absolute Gasteiger partial charge is 0.0594 e. The van der Waals surface area contributed by atoms with Crippen molar-refractivity contribution in [3.05, 3.63) is 0 Å². The van der Waals surface area contributed by atoms with Crippen molar-refractivity contribution in [1.82, 2.24) is 15.1 Å². The third-order valence-corrected chi connectivity index (χ3v) is 4.64. The molecule has 1 N–H and O–H groups in total. The predicted molar refractivity (Wildman–Crippen MR) is 84.2 cm³/mol. The van der Waals surface area contributed by atoms with Crippen LogP contribution in [0.3, 0.4) is 0 Å². The van der Waals surface area contributed by atoms with E-state index in [4.69, 9.17) is 4.74 Å². The van der Waals surface area contributed by atoms with E-state index in [-0.39, 0.29) is 0 Å². The summed E-state index contributed by atoms with van der Waals surface area (Å²) in [4.78, 5) is 5.31. The van der Waals surface area contributed by atoms with Gasteiger partial charge in [-0.25, -0.2) is 0 Å². The van der Waals surface area contributed by atoms with Gasteiger partial charge in [-0.1, -0.05) is 19.8 Å². The van der Waals surface area contributed by atoms with Gasteiger partial charge in [0.1, 0.15) is 0 Å². The van der Waals surface area contributed by atoms with E-state index in [2.05, 4.69) is 22.0 Å². The molecule has 4 nitrogen and oxygen atoms in total. The van der Waals surface area contributed by atoms with E-state index < -0.39 is 0 Å². The van der Waals surface area contributed by atoms with Crippen LogP contribution in [0, 0.1) is 0 Å². The Balaban J connectivity index is 1.48. The van der Waals surface area contributed by atoms with E-state index in [9.17, 15) is 0 Å². The number of nitrogens with one attached hydrogen (secondary N) is 1. The molecular formula is C16H33N3O. The van der Waals surface area contributed by atoms with Gasteiger partial charge in [0.25, 0.3) is 0 Å². The van der Waals surface area contributed by atoms with E-state index in [0.29, 0.717) is 0 Å². The van der Waals surface area contributed by atoms with E-state index in [1.165, 1.54) is 58.3 Å². The van der Waals surface area contributed by atoms with Crippen LogP contribution in [0.25, 0.3) is 0 Å². The lowest BCUT2D eigenvalue weighted by atomic mass is 10.2. The monoisotopic (exact) mass is 283 g/mol. The van der Waals surface area contributed by atoms with Crippen LogP contribution in [-0.2, 0) is 4.74 Å². The van der Waals surface area contributed by atoms with Crippen molar-refractivity contribution in [1.29, 1.82) is 0 Å². The maximum atomic E-state index is 5.45. The molecule has 4 heteroatoms. The topological polar surface area (TPSA) is 27.7 Å². The molecule has 0 amide bonds. The molecule has 0 spiro atoms. The van der Waals surface area contributed by atoms with Crippen molar-refractivity contribution < 1.29 is 4.74 Å². The summed E-state index contributed by atoms with van der Waals surface area (Å²) in [5.74, 6) is 0. The van der Waals surface area contributed by atoms with Gasteiger partial charge in [0, 0.05) is 25.7 Å². The minimum Gasteiger partial charge on any atom is -0.379 e. The summed E-state index contributed by atoms with van der Waals surface area (Å²) in [6.07, 6.45) is 6.85. The fraction of sp³-hybridized carbons (Fsp3) is 1.00. The van der Waals surface area contributed by atoms with Gasteiger partial charge in [-0.3, -0.25) is 4.90 Å². The summed E-state index contributed by atoms with van der Waals surface area (Å²) in [6, 6.07) is 0.799. The van der Waals surface area contributed by atoms with Crippen LogP contribution in [0.1, 0.15) is 39.0 Å². The van der Waals surface area contributed by atoms with Crippen LogP contribution >= 0.6 is 0 Å². The van der Waals surface area contributed by atoms with Crippen LogP contribution in [-0.4, -0.2) is 74.9 Å². The Bertz CT molecular complexity index is 244. The second kappa shape index (κ2) is 9.72. The van der Waals surface area contributed by atoms with Crippen molar-refractivity contribution >= 4 is 0 Å². The van der Waals surface area contributed by atoms with Crippen molar-refractivity contribution in [2.24, 2.45) is 0 Å². The van der Waals surface area contributed by atoms with Crippen LogP contribution < -0.4 is 5.32 Å². The van der Waals surface area contributed by atoms with E-state index in [1.807, 2.05) is 0 Å². The molecule has 0 aromatic heterocycles. The minimum absolute atomic E-state index is 0.799. The zero-order valence-corrected chi connectivity index (χ0v) is 13.3. The third-order valence-electron chi connectivity index (χ3n) is 4.64. The zero-order valence-electron chi connectivity index (χ0n) is 13.3. The molecule has 118 valence electrons. The average Bonchev–Trinajstić information content (AvgIpc) is 2.96. The highest BCUT2D eigenvalue weighted by atomic mass is 16.5. The van der Waals surface area contributed by atoms with Crippen LogP contribution in [0.15, 0.2) is 0 Å². The average molecular weight is 283 g/mol. The van der Waals surface area contributed by atoms with Gasteiger partial charge >= 0.3 is 0 Å². The molecule has 2 rings (SSSR count). The normalized spacial score (nSPS) is 25.4. The Kier molecular flexibility index (Phi) is 7.88. The SMILES string of the molecule is CCNCCCCCCN1CCC(N2CCOCC2)C1. The fourth-order valence-corrected chi connectivity index (χ4v) is 3.37. The Labute approximate surface area is 124 Å². The highest BCUT2D eigenvalue weighted by Gasteiger charge is 2.28. The van der Waals surface area contributed by atoms with Gasteiger partial charge in [0.2, 0.25) is 0 Å². The van der Waals surface area contributed by atoms with Crippen molar-refractivity contribution in [3.8, 4) is 0 Å². The van der Waals surface area contributed by atoms with Crippen LogP contribution in [0.4, 0.5) is 0 Å². The highest BCUT2D eigenvalue weighted by molar-refractivity contribution is 4.84. The number of nitrogens with zero attached hydrogens (tertiary/aromatic N) is 2. The summed E-state index contributed by atoms with van der Waals surface area (Å²) < 4.78 is 5.45. The van der Waals surface area contributed by atoms with Gasteiger partial charge in [0.15, 0.2) is 0 Å². The molecule has 0 aromatic carbocycles. The molecule has 2 heterocycles. The second-order valence-electron chi connectivity index (χ2n) is 6.16. The first-order chi connectivity index (χ1) is 9.90. The zero-order chi connectivity index (χ0) is 14.0. The maximum Gasteiger partial charge on any atom is 0.0594 e. The van der Waals surface area contributed by atoms with Gasteiger partial charge in [-0.15, -0.1) is 0 Å². The van der Waals surface area contributed by atoms with Crippen molar-refractivity contribution in [2.75, 3.05) is 59.0 Å². The Morgan fingerprint density at radius 1 is 1.05 bits per heavy atom. The largest absolute Gasteiger partial charge is 0.379 e. The molecule has 1 unspecified atom stereocenters. The predicted octanol–water partition coefficient (Wildman–Crippen LogP) is 1.56. The Morgan fingerprint density at radius 3 is 2.65 bits per heavy atom. The number of morpholine rings is 1. The first-order valence-electron chi connectivity index (χ1n) is 8.65. The summed E-state index contributed by atoms with van der Waals surface area (Å²) in [7, 11) is 0. The standard InChI is InChI=1S/C16H33N3O/c1-2-17-8-5-3-4-6-9-18-10-7-16(15-18)19-11-13-20-14-12-19/h16-17H,2-15H2,1H3. The molecule has 0 aromatic rings. The van der Waals surface area contributed by atoms with Crippen LogP contribution in [0.5, 0.6) is 0 Å². The molecule has 0 aliphatic carbocycles. The minimum atomic E-state index is 0.799. The van der Waals surface area contributed by atoms with E-state index in [0.717, 1.165) is 38.9 Å². The second-order valence-corrected chi connectivity index (χ2v) is 6.16. The fourth-order valence-electron chi connectivity index (χ4n) is 3.37. The summed E-state index contributed by atoms with van der Waals surface area (Å²) >= 11 is 0.